The van der Waals surface area contributed by atoms with Crippen LogP contribution in [0, 0.1) is 29.5 Å². The van der Waals surface area contributed by atoms with E-state index in [0.29, 0.717) is 35.8 Å². The molecule has 5 nitrogen and oxygen atoms in total. The van der Waals surface area contributed by atoms with Gasteiger partial charge in [-0.25, -0.2) is 14.2 Å². The molecule has 30 heavy (non-hydrogen) atoms. The van der Waals surface area contributed by atoms with E-state index in [1.54, 1.807) is 12.1 Å². The summed E-state index contributed by atoms with van der Waals surface area (Å²) in [5, 5.41) is 0. The predicted molar refractivity (Wildman–Crippen MR) is 108 cm³/mol. The number of hydrogen-bond donors (Lipinski definition) is 0. The summed E-state index contributed by atoms with van der Waals surface area (Å²) >= 11 is 0. The van der Waals surface area contributed by atoms with Gasteiger partial charge < -0.3 is 14.2 Å². The van der Waals surface area contributed by atoms with Crippen molar-refractivity contribution in [3.8, 4) is 0 Å². The third-order valence-electron chi connectivity index (χ3n) is 8.06. The molecule has 8 atom stereocenters. The summed E-state index contributed by atoms with van der Waals surface area (Å²) in [6.07, 6.45) is 4.51. The second-order valence-corrected chi connectivity index (χ2v) is 9.88. The number of rotatable bonds is 5. The fraction of sp³-hybridized carbons (Fsp3) is 0.750. The monoisotopic (exact) mass is 420 g/mol. The molecule has 2 bridgehead atoms. The van der Waals surface area contributed by atoms with Crippen LogP contribution in [0.1, 0.15) is 58.4 Å². The molecular weight excluding hydrogens is 387 g/mol. The first-order valence-corrected chi connectivity index (χ1v) is 11.4. The maximum Gasteiger partial charge on any atom is 0.201 e. The van der Waals surface area contributed by atoms with Gasteiger partial charge in [-0.3, -0.25) is 0 Å². The van der Waals surface area contributed by atoms with Crippen LogP contribution in [0.5, 0.6) is 0 Å². The molecule has 1 aliphatic carbocycles. The van der Waals surface area contributed by atoms with Gasteiger partial charge in [0.05, 0.1) is 12.7 Å². The van der Waals surface area contributed by atoms with E-state index in [0.717, 1.165) is 25.7 Å². The first-order valence-electron chi connectivity index (χ1n) is 11.4. The molecule has 4 heterocycles. The van der Waals surface area contributed by atoms with Gasteiger partial charge in [-0.1, -0.05) is 32.0 Å². The van der Waals surface area contributed by atoms with E-state index < -0.39 is 17.7 Å². The van der Waals surface area contributed by atoms with Crippen molar-refractivity contribution < 1.29 is 28.4 Å². The molecule has 5 fully saturated rings. The summed E-state index contributed by atoms with van der Waals surface area (Å²) in [7, 11) is 0. The van der Waals surface area contributed by atoms with Crippen LogP contribution in [0.2, 0.25) is 0 Å². The smallest absolute Gasteiger partial charge is 0.201 e. The van der Waals surface area contributed by atoms with Crippen LogP contribution in [0.3, 0.4) is 0 Å². The Morgan fingerprint density at radius 2 is 1.93 bits per heavy atom. The fourth-order valence-corrected chi connectivity index (χ4v) is 6.31. The molecule has 1 saturated carbocycles. The lowest BCUT2D eigenvalue weighted by Crippen LogP contribution is -2.70. The molecule has 6 heteroatoms. The van der Waals surface area contributed by atoms with Gasteiger partial charge >= 0.3 is 0 Å². The van der Waals surface area contributed by atoms with Crippen molar-refractivity contribution in [1.82, 2.24) is 0 Å². The maximum absolute atomic E-state index is 13.8. The highest BCUT2D eigenvalue weighted by Crippen LogP contribution is 2.60. The summed E-state index contributed by atoms with van der Waals surface area (Å²) < 4.78 is 32.5. The van der Waals surface area contributed by atoms with Crippen molar-refractivity contribution in [1.29, 1.82) is 0 Å². The topological polar surface area (TPSA) is 46.2 Å². The largest absolute Gasteiger partial charge is 0.377 e. The Bertz CT molecular complexity index is 774. The molecule has 5 aliphatic rings. The molecule has 0 radical (unpaired) electrons. The van der Waals surface area contributed by atoms with Crippen LogP contribution < -0.4 is 0 Å². The Hall–Kier alpha value is -1.05. The van der Waals surface area contributed by atoms with Crippen LogP contribution in [0.15, 0.2) is 24.3 Å². The van der Waals surface area contributed by atoms with Gasteiger partial charge in [-0.2, -0.15) is 0 Å². The summed E-state index contributed by atoms with van der Waals surface area (Å²) in [6, 6.07) is 6.74. The van der Waals surface area contributed by atoms with Crippen LogP contribution in [0.25, 0.3) is 0 Å². The second kappa shape index (κ2) is 7.82. The van der Waals surface area contributed by atoms with Crippen LogP contribution >= 0.6 is 0 Å². The zero-order valence-corrected chi connectivity index (χ0v) is 18.1. The lowest BCUT2D eigenvalue weighted by Gasteiger charge is -2.60. The van der Waals surface area contributed by atoms with E-state index >= 15 is 0 Å². The summed E-state index contributed by atoms with van der Waals surface area (Å²) in [4.78, 5) is 12.0. The van der Waals surface area contributed by atoms with E-state index in [4.69, 9.17) is 24.0 Å². The molecule has 0 aromatic heterocycles. The summed E-state index contributed by atoms with van der Waals surface area (Å²) in [5.74, 6) is 0.611. The quantitative estimate of drug-likeness (QED) is 0.496. The SMILES string of the molecule is C[C@H]1[C@@H](CCOCc2ccccc2F)O[C@@H]2O[C@@]3(C)CC[C@H]4[C@H](C)CC[C@@H]1[C@@]24OO3. The number of ether oxygens (including phenoxy) is 3. The summed E-state index contributed by atoms with van der Waals surface area (Å²) in [6.45, 7) is 7.32. The van der Waals surface area contributed by atoms with Crippen LogP contribution in [-0.2, 0) is 30.6 Å². The maximum atomic E-state index is 13.8. The average molecular weight is 421 g/mol. The summed E-state index contributed by atoms with van der Waals surface area (Å²) in [5.41, 5.74) is 0.0681. The average Bonchev–Trinajstić information content (AvgIpc) is 2.96. The number of hydrogen-bond acceptors (Lipinski definition) is 5. The molecule has 0 unspecified atom stereocenters. The molecule has 1 spiro atoms. The van der Waals surface area contributed by atoms with Crippen LogP contribution in [0.4, 0.5) is 4.39 Å². The van der Waals surface area contributed by atoms with Gasteiger partial charge in [0, 0.05) is 24.5 Å². The van der Waals surface area contributed by atoms with Gasteiger partial charge in [0.1, 0.15) is 5.82 Å². The molecule has 6 rings (SSSR count). The molecule has 4 saturated heterocycles. The first kappa shape index (κ1) is 20.8. The second-order valence-electron chi connectivity index (χ2n) is 9.88. The fourth-order valence-electron chi connectivity index (χ4n) is 6.31. The predicted octanol–water partition coefficient (Wildman–Crippen LogP) is 4.98. The molecule has 4 aliphatic heterocycles. The minimum Gasteiger partial charge on any atom is -0.377 e. The number of halogens is 1. The highest BCUT2D eigenvalue weighted by molar-refractivity contribution is 5.16. The van der Waals surface area contributed by atoms with E-state index in [9.17, 15) is 4.39 Å². The van der Waals surface area contributed by atoms with Crippen LogP contribution in [-0.4, -0.2) is 30.4 Å². The van der Waals surface area contributed by atoms with E-state index in [-0.39, 0.29) is 18.5 Å². The van der Waals surface area contributed by atoms with Gasteiger partial charge in [0.15, 0.2) is 11.9 Å². The van der Waals surface area contributed by atoms with Gasteiger partial charge in [-0.15, -0.1) is 0 Å². The van der Waals surface area contributed by atoms with Gasteiger partial charge in [0.25, 0.3) is 0 Å². The molecule has 0 amide bonds. The van der Waals surface area contributed by atoms with Crippen molar-refractivity contribution in [2.45, 2.75) is 83.3 Å². The molecule has 0 N–H and O–H groups in total. The van der Waals surface area contributed by atoms with E-state index in [1.165, 1.54) is 12.5 Å². The molecule has 1 aromatic rings. The standard InChI is InChI=1S/C24H33FO5/c1-15-8-9-19-16(2)21(11-13-26-14-17-6-4-5-7-20(17)25)27-22-24(19)18(15)10-12-23(3,28-22)29-30-24/h4-7,15-16,18-19,21-22H,8-14H2,1-3H3/t15-,16-,18+,19+,21-,22-,23-,24-/m1/s1. The van der Waals surface area contributed by atoms with Crippen molar-refractivity contribution in [3.63, 3.8) is 0 Å². The minimum absolute atomic E-state index is 0.0202. The zero-order valence-electron chi connectivity index (χ0n) is 18.1. The number of fused-ring (bicyclic) bond motifs is 2. The molecular formula is C24H33FO5. The Balaban J connectivity index is 1.29. The van der Waals surface area contributed by atoms with Gasteiger partial charge in [0.2, 0.25) is 5.79 Å². The Kier molecular flexibility index (Phi) is 5.43. The third-order valence-corrected chi connectivity index (χ3v) is 8.06. The normalized spacial score (nSPS) is 45.1. The first-order chi connectivity index (χ1) is 14.4. The highest BCUT2D eigenvalue weighted by Gasteiger charge is 2.69. The molecule has 166 valence electrons. The van der Waals surface area contributed by atoms with E-state index in [2.05, 4.69) is 13.8 Å². The number of benzene rings is 1. The Morgan fingerprint density at radius 1 is 1.10 bits per heavy atom. The van der Waals surface area contributed by atoms with Crippen molar-refractivity contribution in [2.24, 2.45) is 23.7 Å². The lowest BCUT2D eigenvalue weighted by molar-refractivity contribution is -0.571. The van der Waals surface area contributed by atoms with E-state index in [1.807, 2.05) is 13.0 Å². The van der Waals surface area contributed by atoms with Crippen molar-refractivity contribution in [2.75, 3.05) is 6.61 Å². The molecule has 1 aromatic carbocycles. The van der Waals surface area contributed by atoms with Gasteiger partial charge in [-0.05, 0) is 56.4 Å². The Morgan fingerprint density at radius 3 is 2.77 bits per heavy atom. The third kappa shape index (κ3) is 3.32. The zero-order chi connectivity index (χ0) is 20.9. The van der Waals surface area contributed by atoms with Crippen molar-refractivity contribution >= 4 is 0 Å². The minimum atomic E-state index is -0.746. The van der Waals surface area contributed by atoms with Crippen molar-refractivity contribution in [3.05, 3.63) is 35.6 Å². The lowest BCUT2D eigenvalue weighted by atomic mass is 9.57. The highest BCUT2D eigenvalue weighted by atomic mass is 19.1. The Labute approximate surface area is 178 Å².